The molecule has 1 saturated heterocycles. The lowest BCUT2D eigenvalue weighted by Crippen LogP contribution is -2.40. The van der Waals surface area contributed by atoms with Crippen molar-refractivity contribution in [2.45, 2.75) is 69.9 Å². The second kappa shape index (κ2) is 11.3. The van der Waals surface area contributed by atoms with Gasteiger partial charge in [0, 0.05) is 25.2 Å². The Kier molecular flexibility index (Phi) is 8.64. The number of amides is 1. The standard InChI is InChI=1S/C26H36N4O4S/c1-6-19(25(33)34)27-23(32)21-22(31)24(35-5)29-20(28-21)15-16-11-13-30(14-12-16)18-9-7-17(8-10-18)26(2,3)4/h7-10,16,19,31H,6,11-15H2,1-5H3,(H,27,32)(H,33,34). The lowest BCUT2D eigenvalue weighted by atomic mass is 9.87. The Morgan fingerprint density at radius 2 is 1.80 bits per heavy atom. The molecule has 8 nitrogen and oxygen atoms in total. The van der Waals surface area contributed by atoms with E-state index in [4.69, 9.17) is 0 Å². The van der Waals surface area contributed by atoms with Gasteiger partial charge in [-0.2, -0.15) is 0 Å². The molecule has 1 unspecified atom stereocenters. The highest BCUT2D eigenvalue weighted by Crippen LogP contribution is 2.31. The second-order valence-electron chi connectivity index (χ2n) is 10.1. The molecule has 0 radical (unpaired) electrons. The number of nitrogens with one attached hydrogen (secondary N) is 1. The number of aromatic hydroxyl groups is 1. The van der Waals surface area contributed by atoms with E-state index in [-0.39, 0.29) is 23.3 Å². The van der Waals surface area contributed by atoms with Crippen LogP contribution in [0, 0.1) is 5.92 Å². The van der Waals surface area contributed by atoms with Crippen molar-refractivity contribution in [2.75, 3.05) is 24.2 Å². The van der Waals surface area contributed by atoms with Crippen LogP contribution in [-0.4, -0.2) is 57.4 Å². The number of carboxylic acids is 1. The van der Waals surface area contributed by atoms with Crippen LogP contribution in [0.5, 0.6) is 5.75 Å². The second-order valence-corrected chi connectivity index (χ2v) is 10.8. The molecule has 1 amide bonds. The molecular formula is C26H36N4O4S. The zero-order chi connectivity index (χ0) is 25.8. The van der Waals surface area contributed by atoms with Crippen LogP contribution in [0.4, 0.5) is 5.69 Å². The molecular weight excluding hydrogens is 464 g/mol. The maximum atomic E-state index is 12.7. The zero-order valence-electron chi connectivity index (χ0n) is 21.2. The summed E-state index contributed by atoms with van der Waals surface area (Å²) >= 11 is 1.23. The van der Waals surface area contributed by atoms with Crippen molar-refractivity contribution >= 4 is 29.3 Å². The van der Waals surface area contributed by atoms with Gasteiger partial charge in [0.15, 0.2) is 11.4 Å². The molecule has 0 spiro atoms. The van der Waals surface area contributed by atoms with Crippen molar-refractivity contribution < 1.29 is 19.8 Å². The number of carbonyl (C=O) groups is 2. The monoisotopic (exact) mass is 500 g/mol. The van der Waals surface area contributed by atoms with Crippen LogP contribution in [0.2, 0.25) is 0 Å². The highest BCUT2D eigenvalue weighted by molar-refractivity contribution is 7.98. The van der Waals surface area contributed by atoms with Crippen molar-refractivity contribution in [2.24, 2.45) is 5.92 Å². The van der Waals surface area contributed by atoms with E-state index >= 15 is 0 Å². The molecule has 1 aromatic heterocycles. The molecule has 1 aliphatic rings. The Morgan fingerprint density at radius 1 is 1.17 bits per heavy atom. The first-order valence-electron chi connectivity index (χ1n) is 12.1. The molecule has 35 heavy (non-hydrogen) atoms. The Labute approximate surface area is 211 Å². The minimum atomic E-state index is -1.13. The van der Waals surface area contributed by atoms with Gasteiger partial charge in [0.1, 0.15) is 16.9 Å². The number of carboxylic acid groups (broad SMARTS) is 1. The number of rotatable bonds is 8. The number of benzene rings is 1. The Bertz CT molecular complexity index is 1040. The SMILES string of the molecule is CCC(NC(=O)c1nc(CC2CCN(c3ccc(C(C)(C)C)cc3)CC2)nc(SC)c1O)C(=O)O. The van der Waals surface area contributed by atoms with Crippen LogP contribution < -0.4 is 10.2 Å². The van der Waals surface area contributed by atoms with Gasteiger partial charge < -0.3 is 20.4 Å². The van der Waals surface area contributed by atoms with Gasteiger partial charge >= 0.3 is 5.97 Å². The number of hydrogen-bond acceptors (Lipinski definition) is 7. The third kappa shape index (κ3) is 6.66. The first-order chi connectivity index (χ1) is 16.5. The van der Waals surface area contributed by atoms with Gasteiger partial charge in [0.2, 0.25) is 0 Å². The number of thioether (sulfide) groups is 1. The molecule has 0 saturated carbocycles. The molecule has 190 valence electrons. The summed E-state index contributed by atoms with van der Waals surface area (Å²) < 4.78 is 0. The van der Waals surface area contributed by atoms with Gasteiger partial charge in [-0.3, -0.25) is 4.79 Å². The minimum absolute atomic E-state index is 0.131. The first kappa shape index (κ1) is 26.8. The van der Waals surface area contributed by atoms with Crippen molar-refractivity contribution in [3.63, 3.8) is 0 Å². The highest BCUT2D eigenvalue weighted by Gasteiger charge is 2.26. The van der Waals surface area contributed by atoms with Crippen LogP contribution in [0.25, 0.3) is 0 Å². The van der Waals surface area contributed by atoms with Gasteiger partial charge in [-0.05, 0) is 54.5 Å². The fraction of sp³-hybridized carbons (Fsp3) is 0.538. The number of aliphatic carboxylic acids is 1. The summed E-state index contributed by atoms with van der Waals surface area (Å²) in [5.74, 6) is -1.29. The summed E-state index contributed by atoms with van der Waals surface area (Å²) in [7, 11) is 0. The summed E-state index contributed by atoms with van der Waals surface area (Å²) in [6, 6.07) is 7.76. The van der Waals surface area contributed by atoms with E-state index in [1.54, 1.807) is 13.2 Å². The number of nitrogens with zero attached hydrogens (tertiary/aromatic N) is 3. The average Bonchev–Trinajstić information content (AvgIpc) is 2.83. The molecule has 1 aromatic carbocycles. The third-order valence-electron chi connectivity index (χ3n) is 6.50. The molecule has 2 heterocycles. The van der Waals surface area contributed by atoms with Crippen molar-refractivity contribution in [3.8, 4) is 5.75 Å². The topological polar surface area (TPSA) is 116 Å². The summed E-state index contributed by atoms with van der Waals surface area (Å²) in [5.41, 5.74) is 2.51. The van der Waals surface area contributed by atoms with E-state index < -0.39 is 17.9 Å². The van der Waals surface area contributed by atoms with Crippen molar-refractivity contribution in [1.82, 2.24) is 15.3 Å². The Balaban J connectivity index is 1.68. The maximum absolute atomic E-state index is 12.7. The Morgan fingerprint density at radius 3 is 2.31 bits per heavy atom. The molecule has 3 rings (SSSR count). The molecule has 0 aliphatic carbocycles. The van der Waals surface area contributed by atoms with Crippen LogP contribution in [0.3, 0.4) is 0 Å². The van der Waals surface area contributed by atoms with Gasteiger partial charge in [0.05, 0.1) is 0 Å². The lowest BCUT2D eigenvalue weighted by molar-refractivity contribution is -0.139. The van der Waals surface area contributed by atoms with Crippen molar-refractivity contribution in [3.05, 3.63) is 41.3 Å². The van der Waals surface area contributed by atoms with Crippen LogP contribution in [-0.2, 0) is 16.6 Å². The van der Waals surface area contributed by atoms with E-state index in [0.29, 0.717) is 23.2 Å². The predicted molar refractivity (Wildman–Crippen MR) is 138 cm³/mol. The number of piperidine rings is 1. The Hall–Kier alpha value is -2.81. The average molecular weight is 501 g/mol. The smallest absolute Gasteiger partial charge is 0.326 e. The summed E-state index contributed by atoms with van der Waals surface area (Å²) in [6.07, 6.45) is 4.54. The quantitative estimate of drug-likeness (QED) is 0.364. The number of aromatic nitrogens is 2. The normalized spacial score (nSPS) is 15.6. The molecule has 1 fully saturated rings. The van der Waals surface area contributed by atoms with E-state index in [0.717, 1.165) is 25.9 Å². The zero-order valence-corrected chi connectivity index (χ0v) is 22.0. The predicted octanol–water partition coefficient (Wildman–Crippen LogP) is 4.25. The van der Waals surface area contributed by atoms with Crippen LogP contribution in [0.15, 0.2) is 29.3 Å². The fourth-order valence-electron chi connectivity index (χ4n) is 4.26. The van der Waals surface area contributed by atoms with Gasteiger partial charge in [0.25, 0.3) is 5.91 Å². The van der Waals surface area contributed by atoms with Gasteiger partial charge in [-0.1, -0.05) is 39.8 Å². The van der Waals surface area contributed by atoms with Crippen molar-refractivity contribution in [1.29, 1.82) is 0 Å². The fourth-order valence-corrected chi connectivity index (χ4v) is 4.75. The molecule has 0 bridgehead atoms. The molecule has 1 aliphatic heterocycles. The summed E-state index contributed by atoms with van der Waals surface area (Å²) in [5, 5.41) is 22.5. The van der Waals surface area contributed by atoms with Gasteiger partial charge in [-0.15, -0.1) is 11.8 Å². The number of anilines is 1. The first-order valence-corrected chi connectivity index (χ1v) is 13.3. The molecule has 3 N–H and O–H groups in total. The van der Waals surface area contributed by atoms with E-state index in [1.165, 1.54) is 23.0 Å². The van der Waals surface area contributed by atoms with E-state index in [9.17, 15) is 19.8 Å². The number of hydrogen-bond donors (Lipinski definition) is 3. The lowest BCUT2D eigenvalue weighted by Gasteiger charge is -2.34. The third-order valence-corrected chi connectivity index (χ3v) is 7.17. The molecule has 1 atom stereocenters. The largest absolute Gasteiger partial charge is 0.503 e. The summed E-state index contributed by atoms with van der Waals surface area (Å²) in [4.78, 5) is 35.2. The van der Waals surface area contributed by atoms with E-state index in [2.05, 4.69) is 65.2 Å². The maximum Gasteiger partial charge on any atom is 0.326 e. The number of carbonyl (C=O) groups excluding carboxylic acids is 1. The highest BCUT2D eigenvalue weighted by atomic mass is 32.2. The van der Waals surface area contributed by atoms with Gasteiger partial charge in [-0.25, -0.2) is 14.8 Å². The minimum Gasteiger partial charge on any atom is -0.503 e. The molecule has 2 aromatic rings. The summed E-state index contributed by atoms with van der Waals surface area (Å²) in [6.45, 7) is 10.2. The van der Waals surface area contributed by atoms with E-state index in [1.807, 2.05) is 0 Å². The molecule has 9 heteroatoms. The van der Waals surface area contributed by atoms with Crippen LogP contribution in [0.1, 0.15) is 68.8 Å². The van der Waals surface area contributed by atoms with Crippen LogP contribution >= 0.6 is 11.8 Å².